The molecule has 2 aliphatic heterocycles. The minimum absolute atomic E-state index is 0.292. The summed E-state index contributed by atoms with van der Waals surface area (Å²) in [6.07, 6.45) is 0. The molecule has 5 heteroatoms. The number of likely N-dealkylation sites (N-methyl/N-ethyl adjacent to an activating group) is 1. The number of nitrogens with zero attached hydrogens (tertiary/aromatic N) is 1. The van der Waals surface area contributed by atoms with Gasteiger partial charge in [0.15, 0.2) is 0 Å². The number of benzene rings is 1. The molecule has 2 fully saturated rings. The van der Waals surface area contributed by atoms with Gasteiger partial charge in [0.25, 0.3) is 0 Å². The van der Waals surface area contributed by atoms with Gasteiger partial charge in [0.2, 0.25) is 0 Å². The Kier molecular flexibility index (Phi) is 4.10. The Labute approximate surface area is 133 Å². The average molecular weight is 303 g/mol. The maximum absolute atomic E-state index is 6.10. The van der Waals surface area contributed by atoms with Gasteiger partial charge in [-0.15, -0.1) is 0 Å². The smallest absolute Gasteiger partial charge is 0.399 e. The third kappa shape index (κ3) is 2.83. The summed E-state index contributed by atoms with van der Waals surface area (Å²) < 4.78 is 17.8. The maximum atomic E-state index is 6.10. The Balaban J connectivity index is 1.75. The Bertz CT molecular complexity index is 513. The van der Waals surface area contributed by atoms with Crippen molar-refractivity contribution in [2.75, 3.05) is 26.8 Å². The van der Waals surface area contributed by atoms with E-state index in [1.807, 2.05) is 0 Å². The Morgan fingerprint density at radius 1 is 1.05 bits per heavy atom. The highest BCUT2D eigenvalue weighted by molar-refractivity contribution is 6.62. The van der Waals surface area contributed by atoms with Crippen molar-refractivity contribution in [3.63, 3.8) is 0 Å². The van der Waals surface area contributed by atoms with Gasteiger partial charge in [-0.25, -0.2) is 0 Å². The van der Waals surface area contributed by atoms with Gasteiger partial charge in [0, 0.05) is 6.54 Å². The molecular weight excluding hydrogens is 277 g/mol. The third-order valence-electron chi connectivity index (χ3n) is 5.24. The Morgan fingerprint density at radius 2 is 1.64 bits per heavy atom. The van der Waals surface area contributed by atoms with Crippen molar-refractivity contribution in [2.24, 2.45) is 0 Å². The molecule has 2 heterocycles. The van der Waals surface area contributed by atoms with E-state index < -0.39 is 0 Å². The Morgan fingerprint density at radius 3 is 2.18 bits per heavy atom. The van der Waals surface area contributed by atoms with Crippen molar-refractivity contribution >= 4 is 12.6 Å². The molecular formula is C17H26BNO3. The van der Waals surface area contributed by atoms with E-state index in [4.69, 9.17) is 14.0 Å². The summed E-state index contributed by atoms with van der Waals surface area (Å²) >= 11 is 0. The van der Waals surface area contributed by atoms with E-state index in [2.05, 4.69) is 63.9 Å². The van der Waals surface area contributed by atoms with E-state index >= 15 is 0 Å². The molecule has 1 aromatic carbocycles. The summed E-state index contributed by atoms with van der Waals surface area (Å²) in [6.45, 7) is 10.9. The molecule has 120 valence electrons. The van der Waals surface area contributed by atoms with Crippen LogP contribution in [0.25, 0.3) is 0 Å². The third-order valence-corrected chi connectivity index (χ3v) is 5.24. The first-order valence-corrected chi connectivity index (χ1v) is 8.04. The molecule has 0 bridgehead atoms. The summed E-state index contributed by atoms with van der Waals surface area (Å²) in [7, 11) is 1.86. The van der Waals surface area contributed by atoms with Crippen LogP contribution in [0.5, 0.6) is 0 Å². The molecule has 4 nitrogen and oxygen atoms in total. The van der Waals surface area contributed by atoms with Crippen molar-refractivity contribution < 1.29 is 14.0 Å². The number of ether oxygens (including phenoxy) is 1. The molecule has 1 atom stereocenters. The minimum Gasteiger partial charge on any atom is -0.399 e. The second-order valence-electron chi connectivity index (χ2n) is 7.33. The fraction of sp³-hybridized carbons (Fsp3) is 0.647. The molecule has 0 N–H and O–H groups in total. The zero-order valence-corrected chi connectivity index (χ0v) is 14.3. The largest absolute Gasteiger partial charge is 0.494 e. The minimum atomic E-state index is -0.298. The molecule has 3 rings (SSSR count). The van der Waals surface area contributed by atoms with E-state index in [-0.39, 0.29) is 18.3 Å². The van der Waals surface area contributed by atoms with Crippen LogP contribution in [0.15, 0.2) is 24.3 Å². The predicted molar refractivity (Wildman–Crippen MR) is 88.3 cm³/mol. The summed E-state index contributed by atoms with van der Waals surface area (Å²) in [5, 5.41) is 0. The molecule has 0 aromatic heterocycles. The van der Waals surface area contributed by atoms with Gasteiger partial charge in [-0.2, -0.15) is 0 Å². The lowest BCUT2D eigenvalue weighted by Crippen LogP contribution is -2.41. The lowest BCUT2D eigenvalue weighted by molar-refractivity contribution is 0.00506. The van der Waals surface area contributed by atoms with E-state index in [0.717, 1.165) is 25.2 Å². The lowest BCUT2D eigenvalue weighted by atomic mass is 9.78. The van der Waals surface area contributed by atoms with Crippen LogP contribution in [0, 0.1) is 0 Å². The maximum Gasteiger partial charge on any atom is 0.494 e. The number of rotatable bonds is 2. The summed E-state index contributed by atoms with van der Waals surface area (Å²) in [5.74, 6) is 0. The van der Waals surface area contributed by atoms with Crippen LogP contribution in [-0.4, -0.2) is 50.0 Å². The number of hydrogen-bond acceptors (Lipinski definition) is 4. The van der Waals surface area contributed by atoms with Crippen LogP contribution in [-0.2, 0) is 14.0 Å². The fourth-order valence-corrected chi connectivity index (χ4v) is 2.89. The van der Waals surface area contributed by atoms with Crippen molar-refractivity contribution in [3.8, 4) is 0 Å². The van der Waals surface area contributed by atoms with Gasteiger partial charge in [-0.1, -0.05) is 24.3 Å². The first-order chi connectivity index (χ1) is 10.3. The van der Waals surface area contributed by atoms with Crippen LogP contribution >= 0.6 is 0 Å². The summed E-state index contributed by atoms with van der Waals surface area (Å²) in [4.78, 5) is 2.34. The van der Waals surface area contributed by atoms with Gasteiger partial charge in [0.1, 0.15) is 0 Å². The molecule has 0 saturated carbocycles. The second-order valence-corrected chi connectivity index (χ2v) is 7.33. The van der Waals surface area contributed by atoms with Gasteiger partial charge in [-0.3, -0.25) is 4.90 Å². The number of hydrogen-bond donors (Lipinski definition) is 0. The first kappa shape index (κ1) is 16.0. The molecule has 0 amide bonds. The van der Waals surface area contributed by atoms with Crippen LogP contribution in [0.3, 0.4) is 0 Å². The van der Waals surface area contributed by atoms with E-state index in [0.29, 0.717) is 6.04 Å². The zero-order valence-electron chi connectivity index (χ0n) is 14.3. The molecule has 0 spiro atoms. The van der Waals surface area contributed by atoms with Crippen molar-refractivity contribution in [3.05, 3.63) is 29.8 Å². The van der Waals surface area contributed by atoms with Crippen LogP contribution < -0.4 is 5.46 Å². The molecule has 1 unspecified atom stereocenters. The molecule has 2 aliphatic rings. The second kappa shape index (κ2) is 5.64. The fourth-order valence-electron chi connectivity index (χ4n) is 2.89. The van der Waals surface area contributed by atoms with Crippen LogP contribution in [0.1, 0.15) is 39.3 Å². The molecule has 1 aromatic rings. The van der Waals surface area contributed by atoms with Crippen molar-refractivity contribution in [1.29, 1.82) is 0 Å². The zero-order chi connectivity index (χ0) is 16.0. The predicted octanol–water partition coefficient (Wildman–Crippen LogP) is 1.99. The summed E-state index contributed by atoms with van der Waals surface area (Å²) in [5.41, 5.74) is 1.76. The number of morpholine rings is 1. The molecule has 0 radical (unpaired) electrons. The van der Waals surface area contributed by atoms with Crippen LogP contribution in [0.4, 0.5) is 0 Å². The Hall–Kier alpha value is -0.875. The van der Waals surface area contributed by atoms with Gasteiger partial charge >= 0.3 is 7.12 Å². The molecule has 22 heavy (non-hydrogen) atoms. The molecule has 2 saturated heterocycles. The van der Waals surface area contributed by atoms with E-state index in [1.165, 1.54) is 5.56 Å². The standard InChI is InChI=1S/C17H26BNO3/c1-16(2)17(3,4)22-18(21-16)14-8-6-13(7-9-14)15-12-20-11-10-19(15)5/h6-9,15H,10-12H2,1-5H3. The van der Waals surface area contributed by atoms with Crippen molar-refractivity contribution in [1.82, 2.24) is 4.90 Å². The highest BCUT2D eigenvalue weighted by Gasteiger charge is 2.51. The SMILES string of the molecule is CN1CCOCC1c1ccc(B2OC(C)(C)C(C)(C)O2)cc1. The van der Waals surface area contributed by atoms with E-state index in [1.54, 1.807) is 0 Å². The highest BCUT2D eigenvalue weighted by atomic mass is 16.7. The quantitative estimate of drug-likeness (QED) is 0.782. The van der Waals surface area contributed by atoms with E-state index in [9.17, 15) is 0 Å². The highest BCUT2D eigenvalue weighted by Crippen LogP contribution is 2.36. The topological polar surface area (TPSA) is 30.9 Å². The molecule has 0 aliphatic carbocycles. The van der Waals surface area contributed by atoms with Crippen molar-refractivity contribution in [2.45, 2.75) is 44.9 Å². The van der Waals surface area contributed by atoms with Crippen LogP contribution in [0.2, 0.25) is 0 Å². The summed E-state index contributed by atoms with van der Waals surface area (Å²) in [6, 6.07) is 8.88. The normalized spacial score (nSPS) is 28.0. The van der Waals surface area contributed by atoms with Gasteiger partial charge in [-0.05, 0) is 45.8 Å². The monoisotopic (exact) mass is 303 g/mol. The van der Waals surface area contributed by atoms with Gasteiger partial charge < -0.3 is 14.0 Å². The average Bonchev–Trinajstić information content (AvgIpc) is 2.68. The first-order valence-electron chi connectivity index (χ1n) is 8.04. The lowest BCUT2D eigenvalue weighted by Gasteiger charge is -2.32. The van der Waals surface area contributed by atoms with Gasteiger partial charge in [0.05, 0.1) is 30.5 Å².